The van der Waals surface area contributed by atoms with Gasteiger partial charge in [-0.2, -0.15) is 13.2 Å². The minimum absolute atomic E-state index is 0.0399. The highest BCUT2D eigenvalue weighted by Crippen LogP contribution is 2.32. The second-order valence-electron chi connectivity index (χ2n) is 7.14. The summed E-state index contributed by atoms with van der Waals surface area (Å²) in [7, 11) is 0. The van der Waals surface area contributed by atoms with Crippen molar-refractivity contribution < 1.29 is 18.0 Å². The molecular formula is C18H25F3N2O. The Labute approximate surface area is 141 Å². The lowest BCUT2D eigenvalue weighted by molar-refractivity contribution is -0.137. The molecule has 0 saturated carbocycles. The third-order valence-corrected chi connectivity index (χ3v) is 4.64. The average molecular weight is 342 g/mol. The number of hydrogen-bond acceptors (Lipinski definition) is 2. The molecule has 1 unspecified atom stereocenters. The van der Waals surface area contributed by atoms with E-state index in [0.29, 0.717) is 24.4 Å². The number of rotatable bonds is 6. The first-order valence-corrected chi connectivity index (χ1v) is 8.33. The molecule has 6 heteroatoms. The zero-order valence-corrected chi connectivity index (χ0v) is 14.2. The van der Waals surface area contributed by atoms with Gasteiger partial charge in [-0.15, -0.1) is 0 Å². The third kappa shape index (κ3) is 5.23. The molecule has 0 aliphatic carbocycles. The lowest BCUT2D eigenvalue weighted by atomic mass is 9.83. The Bertz CT molecular complexity index is 564. The Balaban J connectivity index is 1.89. The minimum atomic E-state index is -4.36. The SMILES string of the molecule is CC(C)(CNC(=O)CCC1CCNC1)c1cccc(C(F)(F)F)c1. The van der Waals surface area contributed by atoms with Crippen molar-refractivity contribution in [1.82, 2.24) is 10.6 Å². The van der Waals surface area contributed by atoms with Crippen molar-refractivity contribution in [1.29, 1.82) is 0 Å². The number of hydrogen-bond donors (Lipinski definition) is 2. The predicted octanol–water partition coefficient (Wildman–Crippen LogP) is 3.49. The van der Waals surface area contributed by atoms with Crippen molar-refractivity contribution >= 4 is 5.91 Å². The maximum Gasteiger partial charge on any atom is 0.416 e. The van der Waals surface area contributed by atoms with Crippen LogP contribution in [0, 0.1) is 5.92 Å². The molecule has 0 spiro atoms. The van der Waals surface area contributed by atoms with E-state index in [-0.39, 0.29) is 5.91 Å². The molecule has 1 aromatic rings. The van der Waals surface area contributed by atoms with E-state index in [0.717, 1.165) is 38.1 Å². The summed E-state index contributed by atoms with van der Waals surface area (Å²) in [6.45, 7) is 5.96. The maximum absolute atomic E-state index is 12.8. The molecule has 0 radical (unpaired) electrons. The van der Waals surface area contributed by atoms with Crippen LogP contribution in [-0.2, 0) is 16.4 Å². The zero-order valence-electron chi connectivity index (χ0n) is 14.2. The quantitative estimate of drug-likeness (QED) is 0.831. The van der Waals surface area contributed by atoms with Crippen molar-refractivity contribution in [2.75, 3.05) is 19.6 Å². The number of carbonyl (C=O) groups is 1. The van der Waals surface area contributed by atoms with Crippen LogP contribution in [0.3, 0.4) is 0 Å². The highest BCUT2D eigenvalue weighted by molar-refractivity contribution is 5.76. The molecular weight excluding hydrogens is 317 g/mol. The van der Waals surface area contributed by atoms with Crippen LogP contribution in [-0.4, -0.2) is 25.5 Å². The van der Waals surface area contributed by atoms with Crippen LogP contribution in [0.4, 0.5) is 13.2 Å². The summed E-state index contributed by atoms with van der Waals surface area (Å²) < 4.78 is 38.5. The van der Waals surface area contributed by atoms with Crippen molar-refractivity contribution in [2.24, 2.45) is 5.92 Å². The van der Waals surface area contributed by atoms with Crippen molar-refractivity contribution in [3.8, 4) is 0 Å². The highest BCUT2D eigenvalue weighted by Gasteiger charge is 2.32. The fraction of sp³-hybridized carbons (Fsp3) is 0.611. The van der Waals surface area contributed by atoms with Crippen LogP contribution >= 0.6 is 0 Å². The molecule has 1 aliphatic rings. The maximum atomic E-state index is 12.8. The van der Waals surface area contributed by atoms with Gasteiger partial charge in [0, 0.05) is 18.4 Å². The summed E-state index contributed by atoms with van der Waals surface area (Å²) in [6.07, 6.45) is -1.94. The van der Waals surface area contributed by atoms with Crippen LogP contribution < -0.4 is 10.6 Å². The van der Waals surface area contributed by atoms with E-state index in [2.05, 4.69) is 10.6 Å². The van der Waals surface area contributed by atoms with E-state index < -0.39 is 17.2 Å². The lowest BCUT2D eigenvalue weighted by Crippen LogP contribution is -2.37. The van der Waals surface area contributed by atoms with Crippen molar-refractivity contribution in [2.45, 2.75) is 44.7 Å². The molecule has 24 heavy (non-hydrogen) atoms. The number of halogens is 3. The van der Waals surface area contributed by atoms with Gasteiger partial charge in [0.1, 0.15) is 0 Å². The Hall–Kier alpha value is -1.56. The second-order valence-corrected chi connectivity index (χ2v) is 7.14. The lowest BCUT2D eigenvalue weighted by Gasteiger charge is -2.26. The number of benzene rings is 1. The van der Waals surface area contributed by atoms with Crippen LogP contribution in [0.15, 0.2) is 24.3 Å². The third-order valence-electron chi connectivity index (χ3n) is 4.64. The van der Waals surface area contributed by atoms with Gasteiger partial charge in [-0.1, -0.05) is 32.0 Å². The summed E-state index contributed by atoms with van der Waals surface area (Å²) >= 11 is 0. The monoisotopic (exact) mass is 342 g/mol. The molecule has 2 rings (SSSR count). The van der Waals surface area contributed by atoms with Gasteiger partial charge < -0.3 is 10.6 Å². The minimum Gasteiger partial charge on any atom is -0.355 e. The van der Waals surface area contributed by atoms with Gasteiger partial charge in [0.05, 0.1) is 5.56 Å². The molecule has 2 N–H and O–H groups in total. The number of nitrogens with one attached hydrogen (secondary N) is 2. The Kier molecular flexibility index (Phi) is 5.91. The molecule has 0 aromatic heterocycles. The molecule has 134 valence electrons. The summed E-state index contributed by atoms with van der Waals surface area (Å²) in [5.74, 6) is 0.508. The second kappa shape index (κ2) is 7.55. The van der Waals surface area contributed by atoms with Crippen LogP contribution in [0.2, 0.25) is 0 Å². The van der Waals surface area contributed by atoms with E-state index in [1.54, 1.807) is 6.07 Å². The Morgan fingerprint density at radius 1 is 1.29 bits per heavy atom. The first-order valence-electron chi connectivity index (χ1n) is 8.33. The van der Waals surface area contributed by atoms with Gasteiger partial charge in [-0.25, -0.2) is 0 Å². The molecule has 1 heterocycles. The first-order chi connectivity index (χ1) is 11.2. The summed E-state index contributed by atoms with van der Waals surface area (Å²) in [5, 5.41) is 6.13. The van der Waals surface area contributed by atoms with Gasteiger partial charge in [0.25, 0.3) is 0 Å². The molecule has 1 atom stereocenters. The molecule has 1 saturated heterocycles. The topological polar surface area (TPSA) is 41.1 Å². The van der Waals surface area contributed by atoms with Crippen molar-refractivity contribution in [3.05, 3.63) is 35.4 Å². The molecule has 1 aliphatic heterocycles. The van der Waals surface area contributed by atoms with E-state index in [1.165, 1.54) is 6.07 Å². The largest absolute Gasteiger partial charge is 0.416 e. The van der Waals surface area contributed by atoms with Gasteiger partial charge in [-0.3, -0.25) is 4.79 Å². The Morgan fingerprint density at radius 3 is 2.62 bits per heavy atom. The van der Waals surface area contributed by atoms with Crippen LogP contribution in [0.5, 0.6) is 0 Å². The summed E-state index contributed by atoms with van der Waals surface area (Å²) in [4.78, 5) is 12.0. The van der Waals surface area contributed by atoms with E-state index in [1.807, 2.05) is 13.8 Å². The van der Waals surface area contributed by atoms with E-state index in [9.17, 15) is 18.0 Å². The smallest absolute Gasteiger partial charge is 0.355 e. The average Bonchev–Trinajstić information content (AvgIpc) is 3.04. The number of alkyl halides is 3. The van der Waals surface area contributed by atoms with E-state index in [4.69, 9.17) is 0 Å². The molecule has 1 fully saturated rings. The van der Waals surface area contributed by atoms with Gasteiger partial charge in [0.2, 0.25) is 5.91 Å². The fourth-order valence-corrected chi connectivity index (χ4v) is 2.92. The number of carbonyl (C=O) groups excluding carboxylic acids is 1. The summed E-state index contributed by atoms with van der Waals surface area (Å²) in [6, 6.07) is 5.31. The standard InChI is InChI=1S/C18H25F3N2O/c1-17(2,14-4-3-5-15(10-14)18(19,20)21)12-23-16(24)7-6-13-8-9-22-11-13/h3-5,10,13,22H,6-9,11-12H2,1-2H3,(H,23,24). The number of amides is 1. The highest BCUT2D eigenvalue weighted by atomic mass is 19.4. The van der Waals surface area contributed by atoms with Crippen LogP contribution in [0.25, 0.3) is 0 Å². The van der Waals surface area contributed by atoms with Gasteiger partial charge in [0.15, 0.2) is 0 Å². The van der Waals surface area contributed by atoms with Crippen LogP contribution in [0.1, 0.15) is 44.2 Å². The molecule has 3 nitrogen and oxygen atoms in total. The van der Waals surface area contributed by atoms with E-state index >= 15 is 0 Å². The van der Waals surface area contributed by atoms with Gasteiger partial charge >= 0.3 is 6.18 Å². The molecule has 1 amide bonds. The summed E-state index contributed by atoms with van der Waals surface area (Å²) in [5.41, 5.74) is -0.656. The molecule has 1 aromatic carbocycles. The molecule has 0 bridgehead atoms. The fourth-order valence-electron chi connectivity index (χ4n) is 2.92. The Morgan fingerprint density at radius 2 is 2.00 bits per heavy atom. The predicted molar refractivity (Wildman–Crippen MR) is 87.7 cm³/mol. The van der Waals surface area contributed by atoms with Crippen molar-refractivity contribution in [3.63, 3.8) is 0 Å². The normalized spacial score (nSPS) is 18.6. The zero-order chi connectivity index (χ0) is 17.8. The van der Waals surface area contributed by atoms with Gasteiger partial charge in [-0.05, 0) is 43.5 Å². The first kappa shape index (κ1) is 18.8.